The minimum absolute atomic E-state index is 0.0651. The highest BCUT2D eigenvalue weighted by Gasteiger charge is 2.14. The van der Waals surface area contributed by atoms with Crippen LogP contribution in [-0.4, -0.2) is 12.5 Å². The number of fused-ring (bicyclic) bond motifs is 1. The van der Waals surface area contributed by atoms with E-state index in [4.69, 9.17) is 0 Å². The topological polar surface area (TPSA) is 45.7 Å². The van der Waals surface area contributed by atoms with Crippen molar-refractivity contribution in [1.82, 2.24) is 5.32 Å². The summed E-state index contributed by atoms with van der Waals surface area (Å²) in [6, 6.07) is 23.1. The van der Waals surface area contributed by atoms with Crippen molar-refractivity contribution in [3.05, 3.63) is 83.4 Å². The fourth-order valence-corrected chi connectivity index (χ4v) is 3.13. The smallest absolute Gasteiger partial charge is 0.275 e. The monoisotopic (exact) mass is 333 g/mol. The number of hydrogen-bond donors (Lipinski definition) is 2. The zero-order valence-electron chi connectivity index (χ0n) is 14.8. The molecule has 0 fully saturated rings. The summed E-state index contributed by atoms with van der Waals surface area (Å²) in [5.74, 6) is 0.0651. The van der Waals surface area contributed by atoms with Crippen molar-refractivity contribution in [1.29, 1.82) is 0 Å². The second-order valence-electron chi connectivity index (χ2n) is 6.50. The summed E-state index contributed by atoms with van der Waals surface area (Å²) in [5.41, 5.74) is 3.64. The Morgan fingerprint density at radius 1 is 1.00 bits per heavy atom. The SMILES string of the molecule is Cc1ccccc1CNC(=O)C[NH2+][C@H](C)c1cccc2ccccc12. The van der Waals surface area contributed by atoms with Crippen LogP contribution in [0.5, 0.6) is 0 Å². The minimum atomic E-state index is 0.0651. The van der Waals surface area contributed by atoms with E-state index in [-0.39, 0.29) is 11.9 Å². The molecule has 0 saturated carbocycles. The molecule has 0 bridgehead atoms. The molecule has 1 atom stereocenters. The van der Waals surface area contributed by atoms with Gasteiger partial charge in [0, 0.05) is 12.1 Å². The molecule has 0 aliphatic carbocycles. The lowest BCUT2D eigenvalue weighted by atomic mass is 10.00. The molecule has 3 aromatic rings. The first-order chi connectivity index (χ1) is 12.1. The normalized spacial score (nSPS) is 12.1. The van der Waals surface area contributed by atoms with Crippen LogP contribution in [0, 0.1) is 6.92 Å². The van der Waals surface area contributed by atoms with Gasteiger partial charge in [-0.3, -0.25) is 4.79 Å². The molecule has 25 heavy (non-hydrogen) atoms. The number of rotatable bonds is 6. The maximum atomic E-state index is 12.2. The summed E-state index contributed by atoms with van der Waals surface area (Å²) in [4.78, 5) is 12.2. The van der Waals surface area contributed by atoms with Gasteiger partial charge >= 0.3 is 0 Å². The van der Waals surface area contributed by atoms with Crippen LogP contribution < -0.4 is 10.6 Å². The molecule has 128 valence electrons. The molecule has 1 amide bonds. The lowest BCUT2D eigenvalue weighted by Gasteiger charge is -2.14. The van der Waals surface area contributed by atoms with Gasteiger partial charge in [0.05, 0.1) is 0 Å². The molecule has 0 aromatic heterocycles. The number of nitrogens with two attached hydrogens (primary N) is 1. The number of carbonyl (C=O) groups is 1. The second-order valence-corrected chi connectivity index (χ2v) is 6.50. The van der Waals surface area contributed by atoms with E-state index in [2.05, 4.69) is 79.1 Å². The van der Waals surface area contributed by atoms with E-state index in [0.717, 1.165) is 5.56 Å². The third-order valence-corrected chi connectivity index (χ3v) is 4.71. The largest absolute Gasteiger partial charge is 0.347 e. The minimum Gasteiger partial charge on any atom is -0.347 e. The van der Waals surface area contributed by atoms with Gasteiger partial charge < -0.3 is 10.6 Å². The molecular weight excluding hydrogens is 308 g/mol. The predicted octanol–water partition coefficient (Wildman–Crippen LogP) is 3.09. The molecule has 0 radical (unpaired) electrons. The van der Waals surface area contributed by atoms with Crippen molar-refractivity contribution >= 4 is 16.7 Å². The van der Waals surface area contributed by atoms with Gasteiger partial charge in [0.25, 0.3) is 5.91 Å². The molecule has 3 aromatic carbocycles. The summed E-state index contributed by atoms with van der Waals surface area (Å²) < 4.78 is 0. The molecule has 3 N–H and O–H groups in total. The van der Waals surface area contributed by atoms with Gasteiger partial charge in [-0.2, -0.15) is 0 Å². The van der Waals surface area contributed by atoms with Crippen molar-refractivity contribution in [3.63, 3.8) is 0 Å². The highest BCUT2D eigenvalue weighted by atomic mass is 16.1. The van der Waals surface area contributed by atoms with Crippen LogP contribution in [0.25, 0.3) is 10.8 Å². The molecular formula is C22H25N2O+. The van der Waals surface area contributed by atoms with Crippen LogP contribution in [0.1, 0.15) is 29.7 Å². The molecule has 3 heteroatoms. The Kier molecular flexibility index (Phi) is 5.46. The Bertz CT molecular complexity index is 867. The van der Waals surface area contributed by atoms with Gasteiger partial charge in [0.2, 0.25) is 0 Å². The van der Waals surface area contributed by atoms with E-state index in [0.29, 0.717) is 13.1 Å². The molecule has 0 saturated heterocycles. The summed E-state index contributed by atoms with van der Waals surface area (Å²) >= 11 is 0. The van der Waals surface area contributed by atoms with E-state index in [9.17, 15) is 4.79 Å². The first kappa shape index (κ1) is 17.2. The van der Waals surface area contributed by atoms with Gasteiger partial charge in [-0.1, -0.05) is 66.7 Å². The fraction of sp³-hybridized carbons (Fsp3) is 0.227. The second kappa shape index (κ2) is 7.95. The van der Waals surface area contributed by atoms with E-state index in [1.54, 1.807) is 0 Å². The predicted molar refractivity (Wildman–Crippen MR) is 102 cm³/mol. The summed E-state index contributed by atoms with van der Waals surface area (Å²) in [6.45, 7) is 5.23. The van der Waals surface area contributed by atoms with Crippen LogP contribution >= 0.6 is 0 Å². The first-order valence-electron chi connectivity index (χ1n) is 8.77. The van der Waals surface area contributed by atoms with Gasteiger partial charge in [-0.05, 0) is 35.7 Å². The van der Waals surface area contributed by atoms with E-state index in [1.807, 2.05) is 12.1 Å². The Labute approximate surface area is 149 Å². The fourth-order valence-electron chi connectivity index (χ4n) is 3.13. The Hall–Kier alpha value is -2.65. The Morgan fingerprint density at radius 3 is 2.56 bits per heavy atom. The number of amides is 1. The van der Waals surface area contributed by atoms with Crippen molar-refractivity contribution in [2.24, 2.45) is 0 Å². The first-order valence-corrected chi connectivity index (χ1v) is 8.77. The van der Waals surface area contributed by atoms with Gasteiger partial charge in [-0.15, -0.1) is 0 Å². The van der Waals surface area contributed by atoms with E-state index in [1.165, 1.54) is 21.9 Å². The summed E-state index contributed by atoms with van der Waals surface area (Å²) in [6.07, 6.45) is 0. The summed E-state index contributed by atoms with van der Waals surface area (Å²) in [7, 11) is 0. The van der Waals surface area contributed by atoms with Crippen molar-refractivity contribution in [2.45, 2.75) is 26.4 Å². The zero-order chi connectivity index (χ0) is 17.6. The van der Waals surface area contributed by atoms with Crippen molar-refractivity contribution in [3.8, 4) is 0 Å². The maximum absolute atomic E-state index is 12.2. The quantitative estimate of drug-likeness (QED) is 0.715. The lowest BCUT2D eigenvalue weighted by molar-refractivity contribution is -0.682. The average Bonchev–Trinajstić information content (AvgIpc) is 2.65. The summed E-state index contributed by atoms with van der Waals surface area (Å²) in [5, 5.41) is 7.60. The Morgan fingerprint density at radius 2 is 1.72 bits per heavy atom. The zero-order valence-corrected chi connectivity index (χ0v) is 14.8. The molecule has 0 aliphatic heterocycles. The number of carbonyl (C=O) groups excluding carboxylic acids is 1. The number of hydrogen-bond acceptors (Lipinski definition) is 1. The molecule has 3 rings (SSSR count). The molecule has 0 heterocycles. The van der Waals surface area contributed by atoms with E-state index >= 15 is 0 Å². The molecule has 0 unspecified atom stereocenters. The van der Waals surface area contributed by atoms with Crippen LogP contribution in [-0.2, 0) is 11.3 Å². The third-order valence-electron chi connectivity index (χ3n) is 4.71. The number of nitrogens with one attached hydrogen (secondary N) is 1. The lowest BCUT2D eigenvalue weighted by Crippen LogP contribution is -2.87. The van der Waals surface area contributed by atoms with Crippen LogP contribution in [0.4, 0.5) is 0 Å². The molecule has 0 aliphatic rings. The van der Waals surface area contributed by atoms with Gasteiger partial charge in [0.1, 0.15) is 6.04 Å². The average molecular weight is 333 g/mol. The third kappa shape index (κ3) is 4.25. The number of benzene rings is 3. The van der Waals surface area contributed by atoms with Gasteiger partial charge in [0.15, 0.2) is 6.54 Å². The highest BCUT2D eigenvalue weighted by Crippen LogP contribution is 2.21. The van der Waals surface area contributed by atoms with Crippen LogP contribution in [0.2, 0.25) is 0 Å². The highest BCUT2D eigenvalue weighted by molar-refractivity contribution is 5.86. The van der Waals surface area contributed by atoms with E-state index < -0.39 is 0 Å². The van der Waals surface area contributed by atoms with Crippen molar-refractivity contribution < 1.29 is 10.1 Å². The van der Waals surface area contributed by atoms with Crippen LogP contribution in [0.3, 0.4) is 0 Å². The van der Waals surface area contributed by atoms with Crippen molar-refractivity contribution in [2.75, 3.05) is 6.54 Å². The van der Waals surface area contributed by atoms with Gasteiger partial charge in [-0.25, -0.2) is 0 Å². The Balaban J connectivity index is 1.57. The number of quaternary nitrogens is 1. The standard InChI is InChI=1S/C22H24N2O/c1-16-8-3-4-10-19(16)14-24-22(25)15-23-17(2)20-13-7-11-18-9-5-6-12-21(18)20/h3-13,17,23H,14-15H2,1-2H3,(H,24,25)/p+1/t17-/m1/s1. The number of aryl methyl sites for hydroxylation is 1. The maximum Gasteiger partial charge on any atom is 0.275 e. The molecule has 3 nitrogen and oxygen atoms in total. The molecule has 0 spiro atoms. The van der Waals surface area contributed by atoms with Crippen LogP contribution in [0.15, 0.2) is 66.7 Å².